The molecule has 0 aliphatic rings. The van der Waals surface area contributed by atoms with Crippen LogP contribution in [0.2, 0.25) is 0 Å². The lowest BCUT2D eigenvalue weighted by atomic mass is 10.2. The maximum atomic E-state index is 5.62. The number of nitrogens with one attached hydrogen (secondary N) is 1. The van der Waals surface area contributed by atoms with Gasteiger partial charge in [0.05, 0.1) is 11.7 Å². The van der Waals surface area contributed by atoms with Crippen LogP contribution in [0, 0.1) is 0 Å². The Morgan fingerprint density at radius 2 is 2.20 bits per heavy atom. The average Bonchev–Trinajstić information content (AvgIpc) is 3.03. The molecular formula is C15H18N4O. The fourth-order valence-electron chi connectivity index (χ4n) is 2.35. The Kier molecular flexibility index (Phi) is 3.18. The first-order valence-corrected chi connectivity index (χ1v) is 6.81. The van der Waals surface area contributed by atoms with Crippen LogP contribution >= 0.6 is 0 Å². The average molecular weight is 270 g/mol. The van der Waals surface area contributed by atoms with Gasteiger partial charge < -0.3 is 9.73 Å². The first-order chi connectivity index (χ1) is 9.67. The monoisotopic (exact) mass is 270 g/mol. The number of aromatic nitrogens is 3. The van der Waals surface area contributed by atoms with Gasteiger partial charge in [0.2, 0.25) is 0 Å². The van der Waals surface area contributed by atoms with Crippen molar-refractivity contribution in [1.82, 2.24) is 14.8 Å². The van der Waals surface area contributed by atoms with Gasteiger partial charge in [-0.3, -0.25) is 4.68 Å². The van der Waals surface area contributed by atoms with E-state index in [1.54, 1.807) is 0 Å². The van der Waals surface area contributed by atoms with E-state index in [1.807, 2.05) is 49.1 Å². The van der Waals surface area contributed by atoms with E-state index in [1.165, 1.54) is 0 Å². The highest BCUT2D eigenvalue weighted by Gasteiger charge is 2.10. The zero-order valence-corrected chi connectivity index (χ0v) is 11.9. The Hall–Kier alpha value is -2.30. The fourth-order valence-corrected chi connectivity index (χ4v) is 2.35. The number of aryl methyl sites for hydroxylation is 2. The maximum absolute atomic E-state index is 5.62. The number of benzene rings is 1. The predicted molar refractivity (Wildman–Crippen MR) is 78.6 cm³/mol. The van der Waals surface area contributed by atoms with Crippen LogP contribution in [0.5, 0.6) is 0 Å². The third-order valence-corrected chi connectivity index (χ3v) is 3.42. The summed E-state index contributed by atoms with van der Waals surface area (Å²) < 4.78 is 7.49. The third kappa shape index (κ3) is 2.27. The molecule has 0 radical (unpaired) electrons. The van der Waals surface area contributed by atoms with E-state index in [0.29, 0.717) is 0 Å². The quantitative estimate of drug-likeness (QED) is 0.790. The van der Waals surface area contributed by atoms with E-state index in [2.05, 4.69) is 22.3 Å². The Morgan fingerprint density at radius 3 is 2.90 bits per heavy atom. The summed E-state index contributed by atoms with van der Waals surface area (Å²) in [5.41, 5.74) is 3.89. The molecule has 0 fully saturated rings. The normalized spacial score (nSPS) is 12.8. The summed E-state index contributed by atoms with van der Waals surface area (Å²) >= 11 is 0. The van der Waals surface area contributed by atoms with E-state index in [9.17, 15) is 0 Å². The Morgan fingerprint density at radius 1 is 1.35 bits per heavy atom. The second kappa shape index (κ2) is 5.00. The molecule has 0 saturated carbocycles. The smallest absolute Gasteiger partial charge is 0.195 e. The van der Waals surface area contributed by atoms with Crippen molar-refractivity contribution in [2.24, 2.45) is 7.05 Å². The van der Waals surface area contributed by atoms with Crippen LogP contribution in [0.25, 0.3) is 11.1 Å². The van der Waals surface area contributed by atoms with Crippen LogP contribution < -0.4 is 5.32 Å². The number of anilines is 1. The van der Waals surface area contributed by atoms with Gasteiger partial charge in [0.1, 0.15) is 5.52 Å². The molecule has 0 aliphatic carbocycles. The van der Waals surface area contributed by atoms with Crippen molar-refractivity contribution < 1.29 is 4.42 Å². The second-order valence-corrected chi connectivity index (χ2v) is 4.89. The summed E-state index contributed by atoms with van der Waals surface area (Å²) in [6.45, 7) is 4.15. The van der Waals surface area contributed by atoms with Gasteiger partial charge in [-0.1, -0.05) is 6.92 Å². The van der Waals surface area contributed by atoms with Crippen LogP contribution in [-0.4, -0.2) is 14.8 Å². The fraction of sp³-hybridized carbons (Fsp3) is 0.333. The summed E-state index contributed by atoms with van der Waals surface area (Å²) in [5, 5.41) is 7.66. The summed E-state index contributed by atoms with van der Waals surface area (Å²) in [6.07, 6.45) is 2.62. The minimum Gasteiger partial charge on any atom is -0.441 e. The lowest BCUT2D eigenvalue weighted by Crippen LogP contribution is -2.11. The predicted octanol–water partition coefficient (Wildman–Crippen LogP) is 3.30. The number of hydrogen-bond acceptors (Lipinski definition) is 4. The van der Waals surface area contributed by atoms with Crippen LogP contribution in [0.1, 0.15) is 31.5 Å². The summed E-state index contributed by atoms with van der Waals surface area (Å²) in [6, 6.07) is 8.18. The molecule has 1 atom stereocenters. The van der Waals surface area contributed by atoms with Crippen molar-refractivity contribution in [2.45, 2.75) is 26.3 Å². The summed E-state index contributed by atoms with van der Waals surface area (Å²) in [4.78, 5) is 4.46. The zero-order chi connectivity index (χ0) is 14.1. The van der Waals surface area contributed by atoms with Gasteiger partial charge in [-0.05, 0) is 31.2 Å². The zero-order valence-electron chi connectivity index (χ0n) is 11.9. The highest BCUT2D eigenvalue weighted by molar-refractivity contribution is 5.77. The molecule has 0 spiro atoms. The van der Waals surface area contributed by atoms with Gasteiger partial charge in [-0.25, -0.2) is 4.98 Å². The standard InChI is InChI=1S/C15H18N4O/c1-4-15-18-12-9-11(5-6-14(12)20-15)17-10(2)13-7-8-16-19(13)3/h5-10,17H,4H2,1-3H3. The topological polar surface area (TPSA) is 55.9 Å². The van der Waals surface area contributed by atoms with Crippen LogP contribution in [0.4, 0.5) is 5.69 Å². The molecule has 0 amide bonds. The lowest BCUT2D eigenvalue weighted by Gasteiger charge is -2.15. The van der Waals surface area contributed by atoms with Crippen molar-refractivity contribution in [2.75, 3.05) is 5.32 Å². The first kappa shape index (κ1) is 12.7. The molecule has 3 rings (SSSR count). The van der Waals surface area contributed by atoms with Crippen LogP contribution in [0.15, 0.2) is 34.9 Å². The van der Waals surface area contributed by atoms with Gasteiger partial charge in [0.15, 0.2) is 11.5 Å². The maximum Gasteiger partial charge on any atom is 0.195 e. The van der Waals surface area contributed by atoms with Crippen LogP contribution in [0.3, 0.4) is 0 Å². The van der Waals surface area contributed by atoms with E-state index >= 15 is 0 Å². The number of hydrogen-bond donors (Lipinski definition) is 1. The van der Waals surface area contributed by atoms with E-state index < -0.39 is 0 Å². The SMILES string of the molecule is CCc1nc2cc(NC(C)c3ccnn3C)ccc2o1. The molecule has 20 heavy (non-hydrogen) atoms. The van der Waals surface area contributed by atoms with Crippen molar-refractivity contribution in [3.05, 3.63) is 42.0 Å². The van der Waals surface area contributed by atoms with Crippen molar-refractivity contribution >= 4 is 16.8 Å². The molecule has 5 heteroatoms. The second-order valence-electron chi connectivity index (χ2n) is 4.89. The van der Waals surface area contributed by atoms with Crippen molar-refractivity contribution in [1.29, 1.82) is 0 Å². The lowest BCUT2D eigenvalue weighted by molar-refractivity contribution is 0.538. The molecule has 1 N–H and O–H groups in total. The molecule has 1 aromatic carbocycles. The molecule has 0 aliphatic heterocycles. The largest absolute Gasteiger partial charge is 0.441 e. The van der Waals surface area contributed by atoms with Crippen molar-refractivity contribution in [3.63, 3.8) is 0 Å². The van der Waals surface area contributed by atoms with Crippen LogP contribution in [-0.2, 0) is 13.5 Å². The molecule has 2 heterocycles. The van der Waals surface area contributed by atoms with E-state index in [0.717, 1.165) is 34.8 Å². The number of oxazole rings is 1. The highest BCUT2D eigenvalue weighted by atomic mass is 16.3. The number of fused-ring (bicyclic) bond motifs is 1. The van der Waals surface area contributed by atoms with Crippen molar-refractivity contribution in [3.8, 4) is 0 Å². The van der Waals surface area contributed by atoms with Gasteiger partial charge in [-0.15, -0.1) is 0 Å². The van der Waals surface area contributed by atoms with E-state index in [-0.39, 0.29) is 6.04 Å². The number of nitrogens with zero attached hydrogens (tertiary/aromatic N) is 3. The Bertz CT molecular complexity index is 728. The Balaban J connectivity index is 1.85. The highest BCUT2D eigenvalue weighted by Crippen LogP contribution is 2.23. The van der Waals surface area contributed by atoms with Gasteiger partial charge in [0, 0.05) is 25.4 Å². The molecule has 1 unspecified atom stereocenters. The number of rotatable bonds is 4. The summed E-state index contributed by atoms with van der Waals surface area (Å²) in [5.74, 6) is 0.775. The molecule has 5 nitrogen and oxygen atoms in total. The molecule has 2 aromatic heterocycles. The summed E-state index contributed by atoms with van der Waals surface area (Å²) in [7, 11) is 1.95. The van der Waals surface area contributed by atoms with Gasteiger partial charge in [-0.2, -0.15) is 5.10 Å². The molecule has 0 bridgehead atoms. The minimum atomic E-state index is 0.178. The minimum absolute atomic E-state index is 0.178. The molecular weight excluding hydrogens is 252 g/mol. The molecule has 3 aromatic rings. The Labute approximate surface area is 117 Å². The third-order valence-electron chi connectivity index (χ3n) is 3.42. The molecule has 0 saturated heterocycles. The molecule has 104 valence electrons. The first-order valence-electron chi connectivity index (χ1n) is 6.81. The van der Waals surface area contributed by atoms with Gasteiger partial charge >= 0.3 is 0 Å². The van der Waals surface area contributed by atoms with Gasteiger partial charge in [0.25, 0.3) is 0 Å². The van der Waals surface area contributed by atoms with E-state index in [4.69, 9.17) is 4.42 Å².